The second kappa shape index (κ2) is 9.05. The Morgan fingerprint density at radius 1 is 1.29 bits per heavy atom. The molecule has 0 bridgehead atoms. The molecule has 1 aliphatic rings. The first-order chi connectivity index (χ1) is 10.8. The summed E-state index contributed by atoms with van der Waals surface area (Å²) < 4.78 is 25.9. The highest BCUT2D eigenvalue weighted by Crippen LogP contribution is 2.17. The SMILES string of the molecule is CC(N)(C(=O)NCCS(=O)(=O)N1CCSCC1)c1ccccc1.Cl. The first kappa shape index (κ1) is 21.2. The fraction of sp³-hybridized carbons (Fsp3) is 0.533. The van der Waals surface area contributed by atoms with Crippen LogP contribution in [-0.4, -0.2) is 55.5 Å². The molecule has 1 atom stereocenters. The fourth-order valence-electron chi connectivity index (χ4n) is 2.35. The van der Waals surface area contributed by atoms with Gasteiger partial charge in [-0.1, -0.05) is 30.3 Å². The van der Waals surface area contributed by atoms with Crippen molar-refractivity contribution in [3.05, 3.63) is 35.9 Å². The van der Waals surface area contributed by atoms with Crippen LogP contribution in [0.2, 0.25) is 0 Å². The Labute approximate surface area is 154 Å². The highest BCUT2D eigenvalue weighted by atomic mass is 35.5. The molecule has 1 unspecified atom stereocenters. The topological polar surface area (TPSA) is 92.5 Å². The minimum atomic E-state index is -3.32. The highest BCUT2D eigenvalue weighted by molar-refractivity contribution is 7.99. The molecule has 0 aliphatic carbocycles. The van der Waals surface area contributed by atoms with Gasteiger partial charge in [-0.15, -0.1) is 12.4 Å². The number of hydrogen-bond donors (Lipinski definition) is 2. The standard InChI is InChI=1S/C15H23N3O3S2.ClH/c1-15(16,13-5-3-2-4-6-13)14(19)17-7-12-23(20,21)18-8-10-22-11-9-18;/h2-6H,7-12,16H2,1H3,(H,17,19);1H. The van der Waals surface area contributed by atoms with Gasteiger partial charge in [0.25, 0.3) is 0 Å². The number of thioether (sulfide) groups is 1. The Morgan fingerprint density at radius 3 is 2.46 bits per heavy atom. The van der Waals surface area contributed by atoms with E-state index in [1.807, 2.05) is 18.2 Å². The van der Waals surface area contributed by atoms with Crippen LogP contribution in [0.25, 0.3) is 0 Å². The average molecular weight is 394 g/mol. The molecule has 1 amide bonds. The van der Waals surface area contributed by atoms with Crippen LogP contribution in [0.15, 0.2) is 30.3 Å². The lowest BCUT2D eigenvalue weighted by Crippen LogP contribution is -2.50. The molecule has 9 heteroatoms. The molecule has 1 aromatic carbocycles. The number of carbonyl (C=O) groups is 1. The lowest BCUT2D eigenvalue weighted by Gasteiger charge is -2.27. The van der Waals surface area contributed by atoms with E-state index in [-0.39, 0.29) is 30.6 Å². The lowest BCUT2D eigenvalue weighted by atomic mass is 9.92. The maximum atomic E-state index is 12.3. The molecule has 1 heterocycles. The van der Waals surface area contributed by atoms with Crippen molar-refractivity contribution < 1.29 is 13.2 Å². The van der Waals surface area contributed by atoms with E-state index in [0.29, 0.717) is 18.7 Å². The van der Waals surface area contributed by atoms with E-state index in [2.05, 4.69) is 5.32 Å². The Hall–Kier alpha value is -0.800. The quantitative estimate of drug-likeness (QED) is 0.744. The van der Waals surface area contributed by atoms with Crippen LogP contribution in [0.3, 0.4) is 0 Å². The maximum Gasteiger partial charge on any atom is 0.244 e. The van der Waals surface area contributed by atoms with E-state index in [1.54, 1.807) is 30.8 Å². The third-order valence-electron chi connectivity index (χ3n) is 3.85. The molecule has 2 rings (SSSR count). The highest BCUT2D eigenvalue weighted by Gasteiger charge is 2.31. The smallest absolute Gasteiger partial charge is 0.244 e. The number of rotatable bonds is 6. The number of nitrogens with two attached hydrogens (primary N) is 1. The van der Waals surface area contributed by atoms with Gasteiger partial charge in [0.15, 0.2) is 0 Å². The van der Waals surface area contributed by atoms with Crippen molar-refractivity contribution in [2.75, 3.05) is 36.9 Å². The zero-order valence-electron chi connectivity index (χ0n) is 13.6. The molecule has 3 N–H and O–H groups in total. The minimum absolute atomic E-state index is 0. The van der Waals surface area contributed by atoms with Gasteiger partial charge in [-0.25, -0.2) is 12.7 Å². The summed E-state index contributed by atoms with van der Waals surface area (Å²) in [6.07, 6.45) is 0. The minimum Gasteiger partial charge on any atom is -0.353 e. The van der Waals surface area contributed by atoms with Crippen LogP contribution in [0.5, 0.6) is 0 Å². The van der Waals surface area contributed by atoms with Gasteiger partial charge >= 0.3 is 0 Å². The van der Waals surface area contributed by atoms with E-state index in [0.717, 1.165) is 11.5 Å². The monoisotopic (exact) mass is 393 g/mol. The van der Waals surface area contributed by atoms with E-state index >= 15 is 0 Å². The van der Waals surface area contributed by atoms with Crippen LogP contribution in [-0.2, 0) is 20.4 Å². The summed E-state index contributed by atoms with van der Waals surface area (Å²) in [4.78, 5) is 12.3. The molecule has 1 fully saturated rings. The van der Waals surface area contributed by atoms with Gasteiger partial charge in [0.2, 0.25) is 15.9 Å². The third-order valence-corrected chi connectivity index (χ3v) is 6.67. The summed E-state index contributed by atoms with van der Waals surface area (Å²) >= 11 is 1.75. The van der Waals surface area contributed by atoms with Crippen molar-refractivity contribution in [1.29, 1.82) is 0 Å². The second-order valence-electron chi connectivity index (χ2n) is 5.65. The summed E-state index contributed by atoms with van der Waals surface area (Å²) in [5.41, 5.74) is 5.60. The Morgan fingerprint density at radius 2 is 1.88 bits per heavy atom. The van der Waals surface area contributed by atoms with Crippen molar-refractivity contribution in [1.82, 2.24) is 9.62 Å². The van der Waals surface area contributed by atoms with Gasteiger partial charge in [0, 0.05) is 31.1 Å². The molecule has 1 saturated heterocycles. The van der Waals surface area contributed by atoms with Crippen molar-refractivity contribution in [3.63, 3.8) is 0 Å². The van der Waals surface area contributed by atoms with Crippen LogP contribution in [0.4, 0.5) is 0 Å². The molecule has 0 radical (unpaired) electrons. The third kappa shape index (κ3) is 5.35. The molecule has 6 nitrogen and oxygen atoms in total. The zero-order valence-corrected chi connectivity index (χ0v) is 16.1. The molecule has 0 aromatic heterocycles. The number of nitrogens with zero attached hydrogens (tertiary/aromatic N) is 1. The largest absolute Gasteiger partial charge is 0.353 e. The second-order valence-corrected chi connectivity index (χ2v) is 8.96. The molecule has 1 aliphatic heterocycles. The molecular formula is C15H24ClN3O3S2. The van der Waals surface area contributed by atoms with Gasteiger partial charge < -0.3 is 11.1 Å². The number of halogens is 1. The number of amides is 1. The summed E-state index contributed by atoms with van der Waals surface area (Å²) in [7, 11) is -3.32. The number of benzene rings is 1. The van der Waals surface area contributed by atoms with Crippen molar-refractivity contribution in [2.24, 2.45) is 5.73 Å². The van der Waals surface area contributed by atoms with Gasteiger partial charge in [-0.2, -0.15) is 11.8 Å². The normalized spacial score (nSPS) is 18.2. The Kier molecular flexibility index (Phi) is 8.01. The molecule has 136 valence electrons. The fourth-order valence-corrected chi connectivity index (χ4v) is 4.84. The van der Waals surface area contributed by atoms with Gasteiger partial charge in [0.1, 0.15) is 5.54 Å². The van der Waals surface area contributed by atoms with Crippen LogP contribution in [0, 0.1) is 0 Å². The van der Waals surface area contributed by atoms with Gasteiger partial charge in [0.05, 0.1) is 5.75 Å². The van der Waals surface area contributed by atoms with E-state index in [9.17, 15) is 13.2 Å². The maximum absolute atomic E-state index is 12.3. The lowest BCUT2D eigenvalue weighted by molar-refractivity contribution is -0.125. The number of hydrogen-bond acceptors (Lipinski definition) is 5. The van der Waals surface area contributed by atoms with Crippen molar-refractivity contribution in [2.45, 2.75) is 12.5 Å². The van der Waals surface area contributed by atoms with Gasteiger partial charge in [-0.05, 0) is 12.5 Å². The molecule has 0 spiro atoms. The predicted octanol–water partition coefficient (Wildman–Crippen LogP) is 0.777. The van der Waals surface area contributed by atoms with Crippen LogP contribution < -0.4 is 11.1 Å². The number of carbonyl (C=O) groups excluding carboxylic acids is 1. The Balaban J connectivity index is 0.00000288. The van der Waals surface area contributed by atoms with Crippen LogP contribution >= 0.6 is 24.2 Å². The summed E-state index contributed by atoms with van der Waals surface area (Å²) in [6, 6.07) is 9.03. The average Bonchev–Trinajstić information content (AvgIpc) is 2.56. The predicted molar refractivity (Wildman–Crippen MR) is 101 cm³/mol. The summed E-state index contributed by atoms with van der Waals surface area (Å²) in [6.45, 7) is 2.76. The zero-order chi connectivity index (χ0) is 16.9. The van der Waals surface area contributed by atoms with E-state index in [1.165, 1.54) is 4.31 Å². The number of sulfonamides is 1. The first-order valence-corrected chi connectivity index (χ1v) is 10.3. The van der Waals surface area contributed by atoms with E-state index in [4.69, 9.17) is 5.73 Å². The first-order valence-electron chi connectivity index (χ1n) is 7.52. The Bertz CT molecular complexity index is 633. The number of nitrogens with one attached hydrogen (secondary N) is 1. The van der Waals surface area contributed by atoms with Crippen molar-refractivity contribution in [3.8, 4) is 0 Å². The molecule has 1 aromatic rings. The summed E-state index contributed by atoms with van der Waals surface area (Å²) in [5, 5.41) is 2.64. The van der Waals surface area contributed by atoms with Crippen molar-refractivity contribution >= 4 is 40.1 Å². The molecule has 24 heavy (non-hydrogen) atoms. The molecular weight excluding hydrogens is 370 g/mol. The molecule has 0 saturated carbocycles. The van der Waals surface area contributed by atoms with Gasteiger partial charge in [-0.3, -0.25) is 4.79 Å². The summed E-state index contributed by atoms with van der Waals surface area (Å²) in [5.74, 6) is 1.16. The van der Waals surface area contributed by atoms with Crippen LogP contribution in [0.1, 0.15) is 12.5 Å². The van der Waals surface area contributed by atoms with E-state index < -0.39 is 15.6 Å².